The van der Waals surface area contributed by atoms with Crippen LogP contribution in [0.25, 0.3) is 16.2 Å². The van der Waals surface area contributed by atoms with Crippen LogP contribution in [0.15, 0.2) is 29.6 Å². The Kier molecular flexibility index (Phi) is 4.51. The summed E-state index contributed by atoms with van der Waals surface area (Å²) < 4.78 is 41.0. The van der Waals surface area contributed by atoms with Gasteiger partial charge in [-0.15, -0.1) is 11.3 Å². The molecule has 1 unspecified atom stereocenters. The van der Waals surface area contributed by atoms with E-state index in [2.05, 4.69) is 15.4 Å². The highest BCUT2D eigenvalue weighted by atomic mass is 32.1. The van der Waals surface area contributed by atoms with E-state index < -0.39 is 17.8 Å². The van der Waals surface area contributed by atoms with E-state index in [1.165, 1.54) is 17.4 Å². The van der Waals surface area contributed by atoms with Gasteiger partial charge in [0, 0.05) is 12.1 Å². The minimum Gasteiger partial charge on any atom is -0.348 e. The van der Waals surface area contributed by atoms with Crippen molar-refractivity contribution in [1.82, 2.24) is 19.9 Å². The molecule has 0 fully saturated rings. The summed E-state index contributed by atoms with van der Waals surface area (Å²) in [6.07, 6.45) is -3.92. The van der Waals surface area contributed by atoms with Crippen LogP contribution in [0.2, 0.25) is 0 Å². The van der Waals surface area contributed by atoms with Gasteiger partial charge in [0.05, 0.1) is 10.6 Å². The summed E-state index contributed by atoms with van der Waals surface area (Å²) in [6.45, 7) is 3.70. The van der Waals surface area contributed by atoms with Crippen molar-refractivity contribution in [1.29, 1.82) is 0 Å². The van der Waals surface area contributed by atoms with Crippen LogP contribution in [0, 0.1) is 0 Å². The monoisotopic (exact) mass is 368 g/mol. The molecular weight excluding hydrogens is 353 g/mol. The highest BCUT2D eigenvalue weighted by molar-refractivity contribution is 7.13. The summed E-state index contributed by atoms with van der Waals surface area (Å²) in [4.78, 5) is 17.0. The summed E-state index contributed by atoms with van der Waals surface area (Å²) in [5, 5.41) is 8.26. The minimum absolute atomic E-state index is 0.0208. The van der Waals surface area contributed by atoms with Crippen LogP contribution in [0.5, 0.6) is 0 Å². The molecule has 0 bridgehead atoms. The Labute approximate surface area is 145 Å². The summed E-state index contributed by atoms with van der Waals surface area (Å²) in [5.41, 5.74) is -0.888. The summed E-state index contributed by atoms with van der Waals surface area (Å²) >= 11 is 1.29. The van der Waals surface area contributed by atoms with Crippen LogP contribution in [0.1, 0.15) is 36.5 Å². The van der Waals surface area contributed by atoms with Crippen molar-refractivity contribution in [3.05, 3.63) is 41.0 Å². The second-order valence-corrected chi connectivity index (χ2v) is 6.53. The van der Waals surface area contributed by atoms with Gasteiger partial charge in [-0.25, -0.2) is 9.50 Å². The average molecular weight is 368 g/mol. The molecule has 5 nitrogen and oxygen atoms in total. The Morgan fingerprint density at radius 3 is 2.76 bits per heavy atom. The lowest BCUT2D eigenvalue weighted by atomic mass is 10.2. The smallest absolute Gasteiger partial charge is 0.348 e. The molecule has 1 atom stereocenters. The number of thiophene rings is 1. The molecule has 0 aliphatic heterocycles. The molecule has 0 spiro atoms. The Morgan fingerprint density at radius 1 is 1.40 bits per heavy atom. The maximum Gasteiger partial charge on any atom is 0.433 e. The lowest BCUT2D eigenvalue weighted by Crippen LogP contribution is -2.32. The molecule has 3 aromatic rings. The van der Waals surface area contributed by atoms with Gasteiger partial charge < -0.3 is 5.32 Å². The first kappa shape index (κ1) is 17.4. The lowest BCUT2D eigenvalue weighted by molar-refractivity contribution is -0.142. The Bertz CT molecular complexity index is 902. The first-order valence-electron chi connectivity index (χ1n) is 7.62. The first-order chi connectivity index (χ1) is 11.8. The third-order valence-corrected chi connectivity index (χ3v) is 4.61. The quantitative estimate of drug-likeness (QED) is 0.757. The van der Waals surface area contributed by atoms with Gasteiger partial charge in [-0.3, -0.25) is 4.79 Å². The number of rotatable bonds is 4. The standard InChI is InChI=1S/C16H15F3N4OS/c1-3-9(2)20-15(24)11-8-14-21-10(12-5-4-6-25-12)7-13(16(17,18)19)23(14)22-11/h4-9H,3H2,1-2H3,(H,20,24). The number of halogens is 3. The van der Waals surface area contributed by atoms with E-state index in [9.17, 15) is 18.0 Å². The first-order valence-corrected chi connectivity index (χ1v) is 8.50. The van der Waals surface area contributed by atoms with Crippen molar-refractivity contribution in [2.75, 3.05) is 0 Å². The number of alkyl halides is 3. The normalized spacial score (nSPS) is 13.2. The van der Waals surface area contributed by atoms with E-state index in [0.717, 1.165) is 6.07 Å². The maximum absolute atomic E-state index is 13.4. The molecule has 0 aliphatic rings. The number of nitrogens with zero attached hydrogens (tertiary/aromatic N) is 3. The summed E-state index contributed by atoms with van der Waals surface area (Å²) in [7, 11) is 0. The van der Waals surface area contributed by atoms with Crippen LogP contribution < -0.4 is 5.32 Å². The van der Waals surface area contributed by atoms with Crippen LogP contribution in [0.3, 0.4) is 0 Å². The van der Waals surface area contributed by atoms with E-state index >= 15 is 0 Å². The number of nitrogens with one attached hydrogen (secondary N) is 1. The predicted molar refractivity (Wildman–Crippen MR) is 88.5 cm³/mol. The zero-order chi connectivity index (χ0) is 18.2. The molecule has 9 heteroatoms. The van der Waals surface area contributed by atoms with Crippen LogP contribution in [0.4, 0.5) is 13.2 Å². The van der Waals surface area contributed by atoms with Crippen molar-refractivity contribution in [3.8, 4) is 10.6 Å². The van der Waals surface area contributed by atoms with Crippen molar-refractivity contribution < 1.29 is 18.0 Å². The fourth-order valence-corrected chi connectivity index (χ4v) is 2.92. The van der Waals surface area contributed by atoms with Gasteiger partial charge in [0.15, 0.2) is 17.0 Å². The highest BCUT2D eigenvalue weighted by Crippen LogP contribution is 2.33. The SMILES string of the molecule is CCC(C)NC(=O)c1cc2nc(-c3cccs3)cc(C(F)(F)F)n2n1. The minimum atomic E-state index is -4.62. The molecular formula is C16H15F3N4OS. The Morgan fingerprint density at radius 2 is 2.16 bits per heavy atom. The van der Waals surface area contributed by atoms with E-state index in [4.69, 9.17) is 0 Å². The van der Waals surface area contributed by atoms with Gasteiger partial charge in [0.2, 0.25) is 0 Å². The number of carbonyl (C=O) groups is 1. The second kappa shape index (κ2) is 6.47. The molecule has 0 saturated heterocycles. The van der Waals surface area contributed by atoms with Crippen LogP contribution >= 0.6 is 11.3 Å². The van der Waals surface area contributed by atoms with E-state index in [-0.39, 0.29) is 23.1 Å². The number of amides is 1. The van der Waals surface area contributed by atoms with Gasteiger partial charge in [-0.1, -0.05) is 13.0 Å². The molecule has 3 aromatic heterocycles. The molecule has 0 radical (unpaired) electrons. The average Bonchev–Trinajstić information content (AvgIpc) is 3.21. The molecule has 132 valence electrons. The van der Waals surface area contributed by atoms with Gasteiger partial charge in [0.1, 0.15) is 0 Å². The fourth-order valence-electron chi connectivity index (χ4n) is 2.24. The zero-order valence-corrected chi connectivity index (χ0v) is 14.3. The van der Waals surface area contributed by atoms with Gasteiger partial charge >= 0.3 is 6.18 Å². The van der Waals surface area contributed by atoms with Gasteiger partial charge in [-0.05, 0) is 30.9 Å². The van der Waals surface area contributed by atoms with Gasteiger partial charge in [0.25, 0.3) is 5.91 Å². The third kappa shape index (κ3) is 3.51. The van der Waals surface area contributed by atoms with Crippen molar-refractivity contribution in [3.63, 3.8) is 0 Å². The van der Waals surface area contributed by atoms with Crippen LogP contribution in [-0.4, -0.2) is 26.5 Å². The number of aromatic nitrogens is 3. The summed E-state index contributed by atoms with van der Waals surface area (Å²) in [6, 6.07) is 5.54. The molecule has 3 rings (SSSR count). The number of carbonyl (C=O) groups excluding carboxylic acids is 1. The molecule has 3 heterocycles. The molecule has 1 N–H and O–H groups in total. The molecule has 25 heavy (non-hydrogen) atoms. The topological polar surface area (TPSA) is 59.3 Å². The number of fused-ring (bicyclic) bond motifs is 1. The van der Waals surface area contributed by atoms with Crippen molar-refractivity contribution >= 4 is 22.9 Å². The third-order valence-electron chi connectivity index (χ3n) is 3.71. The van der Waals surface area contributed by atoms with Crippen molar-refractivity contribution in [2.24, 2.45) is 0 Å². The van der Waals surface area contributed by atoms with E-state index in [1.807, 2.05) is 13.8 Å². The lowest BCUT2D eigenvalue weighted by Gasteiger charge is -2.10. The largest absolute Gasteiger partial charge is 0.433 e. The van der Waals surface area contributed by atoms with Gasteiger partial charge in [-0.2, -0.15) is 18.3 Å². The van der Waals surface area contributed by atoms with Crippen LogP contribution in [-0.2, 0) is 6.18 Å². The zero-order valence-electron chi connectivity index (χ0n) is 13.5. The van der Waals surface area contributed by atoms with Crippen molar-refractivity contribution in [2.45, 2.75) is 32.5 Å². The number of hydrogen-bond acceptors (Lipinski definition) is 4. The fraction of sp³-hybridized carbons (Fsp3) is 0.312. The molecule has 1 amide bonds. The van der Waals surface area contributed by atoms with E-state index in [1.54, 1.807) is 17.5 Å². The second-order valence-electron chi connectivity index (χ2n) is 5.58. The Balaban J connectivity index is 2.12. The predicted octanol–water partition coefficient (Wildman–Crippen LogP) is 4.00. The maximum atomic E-state index is 13.4. The Hall–Kier alpha value is -2.42. The number of hydrogen-bond donors (Lipinski definition) is 1. The highest BCUT2D eigenvalue weighted by Gasteiger charge is 2.35. The van der Waals surface area contributed by atoms with E-state index in [0.29, 0.717) is 15.8 Å². The molecule has 0 aromatic carbocycles. The summed E-state index contributed by atoms with van der Waals surface area (Å²) in [5.74, 6) is -0.523. The molecule has 0 saturated carbocycles. The molecule has 0 aliphatic carbocycles.